The number of aryl methyl sites for hydroxylation is 1. The number of likely N-dealkylation sites (N-methyl/N-ethyl adjacent to an activating group) is 1. The van der Waals surface area contributed by atoms with Gasteiger partial charge in [0.2, 0.25) is 17.6 Å². The molecular formula is C22H28BrN3O5. The zero-order valence-electron chi connectivity index (χ0n) is 18.4. The lowest BCUT2D eigenvalue weighted by Gasteiger charge is -2.17. The van der Waals surface area contributed by atoms with Crippen molar-refractivity contribution in [3.8, 4) is 17.2 Å². The van der Waals surface area contributed by atoms with Crippen molar-refractivity contribution in [1.29, 1.82) is 0 Å². The number of rotatable bonds is 10. The number of anilines is 2. The van der Waals surface area contributed by atoms with Gasteiger partial charge in [-0.15, -0.1) is 0 Å². The second kappa shape index (κ2) is 11.6. The first-order chi connectivity index (χ1) is 14.8. The van der Waals surface area contributed by atoms with E-state index in [2.05, 4.69) is 26.6 Å². The minimum atomic E-state index is -0.190. The molecule has 2 N–H and O–H groups in total. The van der Waals surface area contributed by atoms with Crippen molar-refractivity contribution in [3.63, 3.8) is 0 Å². The lowest BCUT2D eigenvalue weighted by molar-refractivity contribution is -0.119. The Balaban J connectivity index is 1.87. The number of hydrogen-bond donors (Lipinski definition) is 2. The van der Waals surface area contributed by atoms with Crippen LogP contribution in [0.5, 0.6) is 17.2 Å². The molecule has 0 heterocycles. The molecule has 2 rings (SSSR count). The van der Waals surface area contributed by atoms with Gasteiger partial charge in [-0.05, 0) is 37.7 Å². The van der Waals surface area contributed by atoms with E-state index < -0.39 is 0 Å². The van der Waals surface area contributed by atoms with Crippen LogP contribution in [-0.4, -0.2) is 58.2 Å². The van der Waals surface area contributed by atoms with E-state index in [0.717, 1.165) is 15.7 Å². The van der Waals surface area contributed by atoms with Crippen molar-refractivity contribution in [2.24, 2.45) is 0 Å². The van der Waals surface area contributed by atoms with Crippen LogP contribution in [0.2, 0.25) is 0 Å². The molecular weight excluding hydrogens is 466 g/mol. The summed E-state index contributed by atoms with van der Waals surface area (Å²) in [4.78, 5) is 26.5. The molecule has 0 aliphatic heterocycles. The molecule has 0 fully saturated rings. The minimum Gasteiger partial charge on any atom is -0.493 e. The predicted molar refractivity (Wildman–Crippen MR) is 124 cm³/mol. The maximum Gasteiger partial charge on any atom is 0.238 e. The fourth-order valence-corrected chi connectivity index (χ4v) is 3.43. The van der Waals surface area contributed by atoms with E-state index in [1.807, 2.05) is 25.1 Å². The molecule has 0 aliphatic rings. The molecule has 0 radical (unpaired) electrons. The fraction of sp³-hybridized carbons (Fsp3) is 0.364. The first kappa shape index (κ1) is 24.5. The van der Waals surface area contributed by atoms with Crippen LogP contribution >= 0.6 is 15.9 Å². The third kappa shape index (κ3) is 7.15. The molecule has 0 saturated heterocycles. The third-order valence-electron chi connectivity index (χ3n) is 4.55. The van der Waals surface area contributed by atoms with Gasteiger partial charge in [0.05, 0.1) is 27.9 Å². The van der Waals surface area contributed by atoms with Crippen LogP contribution in [0.3, 0.4) is 0 Å². The quantitative estimate of drug-likeness (QED) is 0.524. The van der Waals surface area contributed by atoms with Crippen molar-refractivity contribution in [1.82, 2.24) is 4.90 Å². The number of halogens is 1. The van der Waals surface area contributed by atoms with Gasteiger partial charge in [-0.2, -0.15) is 0 Å². The summed E-state index contributed by atoms with van der Waals surface area (Å²) in [7, 11) is 6.33. The SMILES string of the molecule is COc1cc(NC(=O)CCN(C)CC(=O)Nc2ccc(Br)cc2C)cc(OC)c1OC. The summed E-state index contributed by atoms with van der Waals surface area (Å²) in [6.07, 6.45) is 0.220. The van der Waals surface area contributed by atoms with Crippen LogP contribution in [-0.2, 0) is 9.59 Å². The van der Waals surface area contributed by atoms with Crippen LogP contribution < -0.4 is 24.8 Å². The number of carbonyl (C=O) groups is 2. The summed E-state index contributed by atoms with van der Waals surface area (Å²) < 4.78 is 16.8. The highest BCUT2D eigenvalue weighted by atomic mass is 79.9. The van der Waals surface area contributed by atoms with E-state index in [1.54, 1.807) is 24.1 Å². The molecule has 2 aromatic rings. The van der Waals surface area contributed by atoms with Crippen molar-refractivity contribution in [2.45, 2.75) is 13.3 Å². The van der Waals surface area contributed by atoms with E-state index in [4.69, 9.17) is 14.2 Å². The highest BCUT2D eigenvalue weighted by Gasteiger charge is 2.15. The molecule has 2 aromatic carbocycles. The highest BCUT2D eigenvalue weighted by Crippen LogP contribution is 2.39. The summed E-state index contributed by atoms with van der Waals surface area (Å²) in [6.45, 7) is 2.52. The van der Waals surface area contributed by atoms with E-state index in [9.17, 15) is 9.59 Å². The monoisotopic (exact) mass is 493 g/mol. The Kier molecular flexibility index (Phi) is 9.14. The van der Waals surface area contributed by atoms with Gasteiger partial charge in [0, 0.05) is 40.9 Å². The number of amides is 2. The highest BCUT2D eigenvalue weighted by molar-refractivity contribution is 9.10. The lowest BCUT2D eigenvalue weighted by atomic mass is 10.2. The summed E-state index contributed by atoms with van der Waals surface area (Å²) >= 11 is 3.40. The molecule has 0 bridgehead atoms. The smallest absolute Gasteiger partial charge is 0.238 e. The summed E-state index contributed by atoms with van der Waals surface area (Å²) in [5.74, 6) is 1.03. The normalized spacial score (nSPS) is 10.5. The number of nitrogens with one attached hydrogen (secondary N) is 2. The van der Waals surface area contributed by atoms with Crippen molar-refractivity contribution >= 4 is 39.1 Å². The summed E-state index contributed by atoms with van der Waals surface area (Å²) in [5.41, 5.74) is 2.27. The average Bonchev–Trinajstić information content (AvgIpc) is 2.73. The number of methoxy groups -OCH3 is 3. The van der Waals surface area contributed by atoms with Gasteiger partial charge in [-0.1, -0.05) is 15.9 Å². The molecule has 0 unspecified atom stereocenters. The van der Waals surface area contributed by atoms with E-state index in [0.29, 0.717) is 29.5 Å². The van der Waals surface area contributed by atoms with Gasteiger partial charge in [-0.3, -0.25) is 14.5 Å². The van der Waals surface area contributed by atoms with Crippen molar-refractivity contribution < 1.29 is 23.8 Å². The molecule has 0 spiro atoms. The zero-order valence-corrected chi connectivity index (χ0v) is 20.0. The maximum absolute atomic E-state index is 12.4. The molecule has 0 aliphatic carbocycles. The first-order valence-electron chi connectivity index (χ1n) is 9.61. The first-order valence-corrected chi connectivity index (χ1v) is 10.4. The Morgan fingerprint density at radius 3 is 2.16 bits per heavy atom. The zero-order chi connectivity index (χ0) is 23.0. The van der Waals surface area contributed by atoms with E-state index >= 15 is 0 Å². The van der Waals surface area contributed by atoms with E-state index in [-0.39, 0.29) is 24.8 Å². The Morgan fingerprint density at radius 1 is 0.968 bits per heavy atom. The Labute approximate surface area is 191 Å². The van der Waals surface area contributed by atoms with Crippen molar-refractivity contribution in [3.05, 3.63) is 40.4 Å². The third-order valence-corrected chi connectivity index (χ3v) is 5.04. The lowest BCUT2D eigenvalue weighted by Crippen LogP contribution is -2.32. The number of ether oxygens (including phenoxy) is 3. The number of nitrogens with zero attached hydrogens (tertiary/aromatic N) is 1. The van der Waals surface area contributed by atoms with Gasteiger partial charge >= 0.3 is 0 Å². The molecule has 0 saturated carbocycles. The summed E-state index contributed by atoms with van der Waals surface area (Å²) in [5, 5.41) is 5.71. The maximum atomic E-state index is 12.4. The molecule has 0 atom stereocenters. The van der Waals surface area contributed by atoms with Crippen LogP contribution in [0, 0.1) is 6.92 Å². The minimum absolute atomic E-state index is 0.141. The predicted octanol–water partition coefficient (Wildman–Crippen LogP) is 3.68. The number of benzene rings is 2. The van der Waals surface area contributed by atoms with Crippen molar-refractivity contribution in [2.75, 3.05) is 52.1 Å². The second-order valence-corrected chi connectivity index (χ2v) is 7.87. The van der Waals surface area contributed by atoms with Gasteiger partial charge in [0.25, 0.3) is 0 Å². The number of hydrogen-bond acceptors (Lipinski definition) is 6. The van der Waals surface area contributed by atoms with Gasteiger partial charge < -0.3 is 24.8 Å². The molecule has 2 amide bonds. The van der Waals surface area contributed by atoms with Gasteiger partial charge in [0.1, 0.15) is 0 Å². The second-order valence-electron chi connectivity index (χ2n) is 6.96. The van der Waals surface area contributed by atoms with Gasteiger partial charge in [-0.25, -0.2) is 0 Å². The Morgan fingerprint density at radius 2 is 1.61 bits per heavy atom. The summed E-state index contributed by atoms with van der Waals surface area (Å²) in [6, 6.07) is 8.99. The van der Waals surface area contributed by atoms with Gasteiger partial charge in [0.15, 0.2) is 11.5 Å². The van der Waals surface area contributed by atoms with Crippen LogP contribution in [0.15, 0.2) is 34.8 Å². The number of carbonyl (C=O) groups excluding carboxylic acids is 2. The van der Waals surface area contributed by atoms with Crippen LogP contribution in [0.1, 0.15) is 12.0 Å². The molecule has 168 valence electrons. The average molecular weight is 494 g/mol. The Hall–Kier alpha value is -2.78. The standard InChI is InChI=1S/C22H28BrN3O5/c1-14-10-15(23)6-7-17(14)25-21(28)13-26(2)9-8-20(27)24-16-11-18(29-3)22(31-5)19(12-16)30-4/h6-7,10-12H,8-9,13H2,1-5H3,(H,24,27)(H,25,28). The Bertz CT molecular complexity index is 910. The largest absolute Gasteiger partial charge is 0.493 e. The molecule has 9 heteroatoms. The molecule has 31 heavy (non-hydrogen) atoms. The van der Waals surface area contributed by atoms with Crippen LogP contribution in [0.4, 0.5) is 11.4 Å². The molecule has 8 nitrogen and oxygen atoms in total. The van der Waals surface area contributed by atoms with E-state index in [1.165, 1.54) is 21.3 Å². The van der Waals surface area contributed by atoms with Crippen LogP contribution in [0.25, 0.3) is 0 Å². The topological polar surface area (TPSA) is 89.1 Å². The fourth-order valence-electron chi connectivity index (χ4n) is 2.95. The molecule has 0 aromatic heterocycles.